The second kappa shape index (κ2) is 4.71. The number of amides is 1. The number of likely N-dealkylation sites (tertiary alicyclic amines) is 1. The fraction of sp³-hybridized carbons (Fsp3) is 0.417. The maximum atomic E-state index is 13.6. The Balaban J connectivity index is 2.21. The Morgan fingerprint density at radius 3 is 2.94 bits per heavy atom. The van der Waals surface area contributed by atoms with Crippen molar-refractivity contribution in [3.63, 3.8) is 0 Å². The van der Waals surface area contributed by atoms with Crippen molar-refractivity contribution >= 4 is 5.91 Å². The van der Waals surface area contributed by atoms with Gasteiger partial charge in [0.2, 0.25) is 5.91 Å². The first-order valence-electron chi connectivity index (χ1n) is 5.39. The van der Waals surface area contributed by atoms with Gasteiger partial charge in [-0.15, -0.1) is 0 Å². The molecule has 2 rings (SSSR count). The second-order valence-corrected chi connectivity index (χ2v) is 4.05. The van der Waals surface area contributed by atoms with Crippen LogP contribution in [0.3, 0.4) is 0 Å². The Morgan fingerprint density at radius 1 is 1.59 bits per heavy atom. The molecular formula is C12H14FNO3. The molecule has 5 heteroatoms. The maximum absolute atomic E-state index is 13.6. The molecule has 0 bridgehead atoms. The predicted molar refractivity (Wildman–Crippen MR) is 59.0 cm³/mol. The third-order valence-electron chi connectivity index (χ3n) is 2.84. The summed E-state index contributed by atoms with van der Waals surface area (Å²) in [6, 6.07) is 4.53. The van der Waals surface area contributed by atoms with Gasteiger partial charge in [0.1, 0.15) is 11.6 Å². The van der Waals surface area contributed by atoms with E-state index >= 15 is 0 Å². The summed E-state index contributed by atoms with van der Waals surface area (Å²) in [5, 5.41) is 9.36. The fourth-order valence-corrected chi connectivity index (χ4v) is 1.98. The number of ether oxygens (including phenoxy) is 1. The van der Waals surface area contributed by atoms with Gasteiger partial charge in [0, 0.05) is 12.1 Å². The van der Waals surface area contributed by atoms with Crippen molar-refractivity contribution in [1.82, 2.24) is 4.90 Å². The van der Waals surface area contributed by atoms with E-state index in [2.05, 4.69) is 0 Å². The highest BCUT2D eigenvalue weighted by molar-refractivity contribution is 5.79. The summed E-state index contributed by atoms with van der Waals surface area (Å²) in [4.78, 5) is 12.9. The van der Waals surface area contributed by atoms with Crippen LogP contribution >= 0.6 is 0 Å². The molecule has 0 radical (unpaired) electrons. The number of hydrogen-bond acceptors (Lipinski definition) is 3. The number of benzene rings is 1. The highest BCUT2D eigenvalue weighted by atomic mass is 19.1. The van der Waals surface area contributed by atoms with E-state index < -0.39 is 11.9 Å². The number of methoxy groups -OCH3 is 1. The zero-order valence-corrected chi connectivity index (χ0v) is 9.52. The molecule has 0 aromatic heterocycles. The average Bonchev–Trinajstić information content (AvgIpc) is 2.60. The number of nitrogens with zero attached hydrogens (tertiary/aromatic N) is 1. The lowest BCUT2D eigenvalue weighted by Crippen LogP contribution is -2.26. The van der Waals surface area contributed by atoms with E-state index in [4.69, 9.17) is 4.74 Å². The first-order chi connectivity index (χ1) is 8.11. The first kappa shape index (κ1) is 11.9. The molecule has 1 heterocycles. The molecule has 1 aromatic rings. The third kappa shape index (κ3) is 2.39. The van der Waals surface area contributed by atoms with Gasteiger partial charge in [-0.2, -0.15) is 0 Å². The standard InChI is InChI=1S/C12H14FNO3/c1-17-11-4-2-3-10(13)9(11)7-14-6-8(15)5-12(14)16/h2-4,8,15H,5-7H2,1H3. The van der Waals surface area contributed by atoms with E-state index in [1.54, 1.807) is 12.1 Å². The van der Waals surface area contributed by atoms with Crippen molar-refractivity contribution in [2.45, 2.75) is 19.1 Å². The highest BCUT2D eigenvalue weighted by Gasteiger charge is 2.29. The Bertz CT molecular complexity index is 436. The lowest BCUT2D eigenvalue weighted by Gasteiger charge is -2.18. The van der Waals surface area contributed by atoms with E-state index in [0.717, 1.165) is 0 Å². The summed E-state index contributed by atoms with van der Waals surface area (Å²) < 4.78 is 18.7. The number of aliphatic hydroxyl groups is 1. The van der Waals surface area contributed by atoms with E-state index in [-0.39, 0.29) is 25.4 Å². The number of carbonyl (C=O) groups is 1. The van der Waals surface area contributed by atoms with Crippen molar-refractivity contribution in [3.05, 3.63) is 29.6 Å². The maximum Gasteiger partial charge on any atom is 0.225 e. The Morgan fingerprint density at radius 2 is 2.35 bits per heavy atom. The van der Waals surface area contributed by atoms with Crippen molar-refractivity contribution in [2.24, 2.45) is 0 Å². The molecule has 1 atom stereocenters. The van der Waals surface area contributed by atoms with Gasteiger partial charge >= 0.3 is 0 Å². The summed E-state index contributed by atoms with van der Waals surface area (Å²) in [5.74, 6) is -0.152. The summed E-state index contributed by atoms with van der Waals surface area (Å²) in [5.41, 5.74) is 0.345. The largest absolute Gasteiger partial charge is 0.496 e. The Hall–Kier alpha value is -1.62. The van der Waals surface area contributed by atoms with E-state index in [1.165, 1.54) is 18.1 Å². The van der Waals surface area contributed by atoms with Gasteiger partial charge in [-0.1, -0.05) is 6.07 Å². The normalized spacial score (nSPS) is 19.8. The Labute approximate surface area is 98.6 Å². The van der Waals surface area contributed by atoms with E-state index in [0.29, 0.717) is 11.3 Å². The second-order valence-electron chi connectivity index (χ2n) is 4.05. The van der Waals surface area contributed by atoms with Crippen LogP contribution in [0.5, 0.6) is 5.75 Å². The molecule has 1 aliphatic rings. The lowest BCUT2D eigenvalue weighted by atomic mass is 10.1. The first-order valence-corrected chi connectivity index (χ1v) is 5.39. The smallest absolute Gasteiger partial charge is 0.225 e. The van der Waals surface area contributed by atoms with Gasteiger partial charge in [0.25, 0.3) is 0 Å². The number of carbonyl (C=O) groups excluding carboxylic acids is 1. The molecule has 92 valence electrons. The minimum absolute atomic E-state index is 0.108. The molecule has 1 aromatic carbocycles. The van der Waals surface area contributed by atoms with Crippen molar-refractivity contribution in [1.29, 1.82) is 0 Å². The van der Waals surface area contributed by atoms with E-state index in [9.17, 15) is 14.3 Å². The lowest BCUT2D eigenvalue weighted by molar-refractivity contribution is -0.128. The van der Waals surface area contributed by atoms with Gasteiger partial charge in [-0.25, -0.2) is 4.39 Å². The molecule has 17 heavy (non-hydrogen) atoms. The van der Waals surface area contributed by atoms with Crippen LogP contribution in [-0.2, 0) is 11.3 Å². The minimum atomic E-state index is -0.653. The number of rotatable bonds is 3. The van der Waals surface area contributed by atoms with Crippen LogP contribution in [0.15, 0.2) is 18.2 Å². The van der Waals surface area contributed by atoms with Gasteiger partial charge in [-0.05, 0) is 12.1 Å². The van der Waals surface area contributed by atoms with Crippen molar-refractivity contribution in [2.75, 3.05) is 13.7 Å². The molecule has 0 spiro atoms. The molecule has 1 fully saturated rings. The van der Waals surface area contributed by atoms with Gasteiger partial charge < -0.3 is 14.7 Å². The van der Waals surface area contributed by atoms with Crippen LogP contribution in [0.1, 0.15) is 12.0 Å². The number of halogens is 1. The topological polar surface area (TPSA) is 49.8 Å². The molecule has 1 saturated heterocycles. The monoisotopic (exact) mass is 239 g/mol. The van der Waals surface area contributed by atoms with Gasteiger partial charge in [0.15, 0.2) is 0 Å². The van der Waals surface area contributed by atoms with Crippen LogP contribution in [0, 0.1) is 5.82 Å². The molecule has 0 aliphatic carbocycles. The van der Waals surface area contributed by atoms with Crippen LogP contribution in [0.25, 0.3) is 0 Å². The summed E-state index contributed by atoms with van der Waals surface area (Å²) in [6.45, 7) is 0.377. The van der Waals surface area contributed by atoms with Gasteiger partial charge in [0.05, 0.1) is 26.2 Å². The van der Waals surface area contributed by atoms with Crippen molar-refractivity contribution < 1.29 is 19.0 Å². The molecule has 1 N–H and O–H groups in total. The summed E-state index contributed by atoms with van der Waals surface area (Å²) in [6.07, 6.45) is -0.545. The Kier molecular flexibility index (Phi) is 3.28. The van der Waals surface area contributed by atoms with E-state index in [1.807, 2.05) is 0 Å². The molecule has 0 saturated carbocycles. The SMILES string of the molecule is COc1cccc(F)c1CN1CC(O)CC1=O. The number of β-amino-alcohol motifs (C(OH)–C–C–N with tert-alkyl or cyclic N) is 1. The number of hydrogen-bond donors (Lipinski definition) is 1. The third-order valence-corrected chi connectivity index (χ3v) is 2.84. The van der Waals surface area contributed by atoms with Crippen LogP contribution in [-0.4, -0.2) is 35.7 Å². The molecule has 1 amide bonds. The number of aliphatic hydroxyl groups excluding tert-OH is 1. The summed E-state index contributed by atoms with van der Waals surface area (Å²) in [7, 11) is 1.46. The average molecular weight is 239 g/mol. The van der Waals surface area contributed by atoms with Crippen molar-refractivity contribution in [3.8, 4) is 5.75 Å². The molecule has 1 aliphatic heterocycles. The summed E-state index contributed by atoms with van der Waals surface area (Å²) >= 11 is 0. The van der Waals surface area contributed by atoms with Crippen LogP contribution in [0.2, 0.25) is 0 Å². The predicted octanol–water partition coefficient (Wildman–Crippen LogP) is 0.927. The molecular weight excluding hydrogens is 225 g/mol. The highest BCUT2D eigenvalue weighted by Crippen LogP contribution is 2.24. The molecule has 1 unspecified atom stereocenters. The fourth-order valence-electron chi connectivity index (χ4n) is 1.98. The zero-order valence-electron chi connectivity index (χ0n) is 9.52. The molecule has 4 nitrogen and oxygen atoms in total. The zero-order chi connectivity index (χ0) is 12.4. The van der Waals surface area contributed by atoms with Crippen LogP contribution < -0.4 is 4.74 Å². The quantitative estimate of drug-likeness (QED) is 0.853. The minimum Gasteiger partial charge on any atom is -0.496 e. The van der Waals surface area contributed by atoms with Gasteiger partial charge in [-0.3, -0.25) is 4.79 Å². The van der Waals surface area contributed by atoms with Crippen LogP contribution in [0.4, 0.5) is 4.39 Å².